The monoisotopic (exact) mass is 176 g/mol. The second kappa shape index (κ2) is 6.47. The van der Waals surface area contributed by atoms with Crippen LogP contribution in [0.25, 0.3) is 0 Å². The van der Waals surface area contributed by atoms with Gasteiger partial charge < -0.3 is 0 Å². The second-order valence-electron chi connectivity index (χ2n) is 2.97. The highest BCUT2D eigenvalue weighted by Crippen LogP contribution is 2.12. The van der Waals surface area contributed by atoms with Crippen LogP contribution in [0.3, 0.4) is 0 Å². The van der Waals surface area contributed by atoms with Crippen LogP contribution < -0.4 is 0 Å². The van der Waals surface area contributed by atoms with Crippen molar-refractivity contribution in [2.45, 2.75) is 34.6 Å². The van der Waals surface area contributed by atoms with Crippen molar-refractivity contribution in [3.63, 3.8) is 0 Å². The summed E-state index contributed by atoms with van der Waals surface area (Å²) in [6.07, 6.45) is 10.6. The SMILES string of the molecule is CC.CC1=C/C(C)=C(C)/C=C/C=C\1. The van der Waals surface area contributed by atoms with Crippen molar-refractivity contribution in [2.24, 2.45) is 0 Å². The molecule has 72 valence electrons. The Morgan fingerprint density at radius 3 is 1.92 bits per heavy atom. The van der Waals surface area contributed by atoms with Gasteiger partial charge in [-0.15, -0.1) is 0 Å². The first-order chi connectivity index (χ1) is 6.20. The summed E-state index contributed by atoms with van der Waals surface area (Å²) in [7, 11) is 0. The summed E-state index contributed by atoms with van der Waals surface area (Å²) < 4.78 is 0. The minimum atomic E-state index is 1.31. The smallest absolute Gasteiger partial charge is 0.0395 e. The fourth-order valence-corrected chi connectivity index (χ4v) is 1.04. The fourth-order valence-electron chi connectivity index (χ4n) is 1.04. The van der Waals surface area contributed by atoms with Crippen LogP contribution in [0.1, 0.15) is 34.6 Å². The van der Waals surface area contributed by atoms with E-state index in [-0.39, 0.29) is 0 Å². The Morgan fingerprint density at radius 1 is 0.769 bits per heavy atom. The average molecular weight is 176 g/mol. The van der Waals surface area contributed by atoms with Gasteiger partial charge in [0.1, 0.15) is 0 Å². The molecule has 0 fully saturated rings. The molecule has 0 heterocycles. The molecular formula is C13H20. The van der Waals surface area contributed by atoms with E-state index in [0.717, 1.165) is 0 Å². The van der Waals surface area contributed by atoms with Crippen LogP contribution in [-0.2, 0) is 0 Å². The maximum absolute atomic E-state index is 2.20. The molecule has 0 bridgehead atoms. The van der Waals surface area contributed by atoms with E-state index in [0.29, 0.717) is 0 Å². The van der Waals surface area contributed by atoms with E-state index < -0.39 is 0 Å². The minimum absolute atomic E-state index is 1.31. The lowest BCUT2D eigenvalue weighted by atomic mass is 10.1. The van der Waals surface area contributed by atoms with E-state index >= 15 is 0 Å². The maximum Gasteiger partial charge on any atom is -0.0395 e. The first-order valence-electron chi connectivity index (χ1n) is 4.90. The Hall–Kier alpha value is -1.04. The summed E-state index contributed by atoms with van der Waals surface area (Å²) in [5, 5.41) is 0. The highest BCUT2D eigenvalue weighted by molar-refractivity contribution is 5.38. The van der Waals surface area contributed by atoms with Gasteiger partial charge >= 0.3 is 0 Å². The first-order valence-corrected chi connectivity index (χ1v) is 4.90. The molecule has 0 amide bonds. The molecule has 0 nitrogen and oxygen atoms in total. The van der Waals surface area contributed by atoms with Gasteiger partial charge in [0, 0.05) is 0 Å². The van der Waals surface area contributed by atoms with Crippen molar-refractivity contribution < 1.29 is 0 Å². The first kappa shape index (κ1) is 12.0. The van der Waals surface area contributed by atoms with E-state index in [2.05, 4.69) is 51.2 Å². The molecule has 0 N–H and O–H groups in total. The zero-order chi connectivity index (χ0) is 10.3. The lowest BCUT2D eigenvalue weighted by molar-refractivity contribution is 1.34. The van der Waals surface area contributed by atoms with Gasteiger partial charge in [0.2, 0.25) is 0 Å². The Balaban J connectivity index is 0.000000671. The number of hydrogen-bond donors (Lipinski definition) is 0. The highest BCUT2D eigenvalue weighted by atomic mass is 14.0. The van der Waals surface area contributed by atoms with Crippen molar-refractivity contribution in [2.75, 3.05) is 0 Å². The molecule has 1 aliphatic rings. The van der Waals surface area contributed by atoms with E-state index in [4.69, 9.17) is 0 Å². The van der Waals surface area contributed by atoms with Gasteiger partial charge in [-0.2, -0.15) is 0 Å². The van der Waals surface area contributed by atoms with Crippen LogP contribution in [-0.4, -0.2) is 0 Å². The zero-order valence-corrected chi connectivity index (χ0v) is 9.39. The molecule has 13 heavy (non-hydrogen) atoms. The third kappa shape index (κ3) is 4.51. The van der Waals surface area contributed by atoms with Gasteiger partial charge in [-0.05, 0) is 31.9 Å². The Bertz CT molecular complexity index is 260. The zero-order valence-electron chi connectivity index (χ0n) is 9.39. The van der Waals surface area contributed by atoms with Crippen LogP contribution in [0.15, 0.2) is 47.1 Å². The molecule has 0 aromatic carbocycles. The number of hydrogen-bond acceptors (Lipinski definition) is 0. The molecule has 1 rings (SSSR count). The van der Waals surface area contributed by atoms with E-state index in [1.165, 1.54) is 16.7 Å². The molecule has 0 aliphatic heterocycles. The van der Waals surface area contributed by atoms with Gasteiger partial charge in [-0.3, -0.25) is 0 Å². The standard InChI is InChI=1S/C11H14.C2H6/c1-9-6-4-5-7-10(2)11(3)8-9;1-2/h4-8H,1-3H3;1-2H3/b5-4?,6-4-,7-5+,9-6?,9-8-,10-7?,11-8?,11-10+;. The van der Waals surface area contributed by atoms with Gasteiger partial charge in [-0.25, -0.2) is 0 Å². The molecule has 1 aliphatic carbocycles. The van der Waals surface area contributed by atoms with Crippen molar-refractivity contribution >= 4 is 0 Å². The molecule has 0 heteroatoms. The van der Waals surface area contributed by atoms with Gasteiger partial charge in [0.15, 0.2) is 0 Å². The number of rotatable bonds is 0. The van der Waals surface area contributed by atoms with Crippen LogP contribution in [0, 0.1) is 0 Å². The third-order valence-corrected chi connectivity index (χ3v) is 1.88. The average Bonchev–Trinajstić information content (AvgIpc) is 2.13. The van der Waals surface area contributed by atoms with E-state index in [1.807, 2.05) is 13.8 Å². The van der Waals surface area contributed by atoms with Gasteiger partial charge in [0.25, 0.3) is 0 Å². The van der Waals surface area contributed by atoms with E-state index in [9.17, 15) is 0 Å². The fraction of sp³-hybridized carbons (Fsp3) is 0.385. The summed E-state index contributed by atoms with van der Waals surface area (Å²) in [5.74, 6) is 0. The van der Waals surface area contributed by atoms with Crippen molar-refractivity contribution in [3.8, 4) is 0 Å². The molecule has 0 spiro atoms. The quantitative estimate of drug-likeness (QED) is 0.512. The van der Waals surface area contributed by atoms with Crippen LogP contribution >= 0.6 is 0 Å². The number of allylic oxidation sites excluding steroid dienone is 8. The van der Waals surface area contributed by atoms with Crippen LogP contribution in [0.5, 0.6) is 0 Å². The molecule has 0 saturated heterocycles. The van der Waals surface area contributed by atoms with Crippen LogP contribution in [0.2, 0.25) is 0 Å². The molecule has 0 radical (unpaired) electrons. The molecule has 0 unspecified atom stereocenters. The summed E-state index contributed by atoms with van der Waals surface area (Å²) in [6.45, 7) is 10.4. The largest absolute Gasteiger partial charge is 0.0683 e. The predicted molar refractivity (Wildman–Crippen MR) is 61.8 cm³/mol. The summed E-state index contributed by atoms with van der Waals surface area (Å²) in [5.41, 5.74) is 4.00. The predicted octanol–water partition coefficient (Wildman–Crippen LogP) is 4.42. The molecular weight excluding hydrogens is 156 g/mol. The molecule has 0 saturated carbocycles. The van der Waals surface area contributed by atoms with Gasteiger partial charge in [0.05, 0.1) is 0 Å². The lowest BCUT2D eigenvalue weighted by Crippen LogP contribution is -1.80. The lowest BCUT2D eigenvalue weighted by Gasteiger charge is -2.01. The molecule has 0 aromatic rings. The Kier molecular flexibility index (Phi) is 5.96. The minimum Gasteiger partial charge on any atom is -0.0683 e. The summed E-state index contributed by atoms with van der Waals surface area (Å²) >= 11 is 0. The highest BCUT2D eigenvalue weighted by Gasteiger charge is 1.91. The molecule has 0 aromatic heterocycles. The summed E-state index contributed by atoms with van der Waals surface area (Å²) in [6, 6.07) is 0. The second-order valence-corrected chi connectivity index (χ2v) is 2.97. The van der Waals surface area contributed by atoms with Crippen LogP contribution in [0.4, 0.5) is 0 Å². The normalized spacial score (nSPS) is 30.1. The third-order valence-electron chi connectivity index (χ3n) is 1.88. The van der Waals surface area contributed by atoms with Crippen molar-refractivity contribution in [1.82, 2.24) is 0 Å². The Morgan fingerprint density at radius 2 is 1.31 bits per heavy atom. The summed E-state index contributed by atoms with van der Waals surface area (Å²) in [4.78, 5) is 0. The Labute approximate surface area is 82.4 Å². The molecule has 0 atom stereocenters. The van der Waals surface area contributed by atoms with E-state index in [1.54, 1.807) is 0 Å². The maximum atomic E-state index is 2.20. The topological polar surface area (TPSA) is 0 Å². The van der Waals surface area contributed by atoms with Gasteiger partial charge in [-0.1, -0.05) is 49.8 Å². The van der Waals surface area contributed by atoms with Crippen molar-refractivity contribution in [1.29, 1.82) is 0 Å². The van der Waals surface area contributed by atoms with Crippen molar-refractivity contribution in [3.05, 3.63) is 47.1 Å².